The van der Waals surface area contributed by atoms with Gasteiger partial charge in [-0.25, -0.2) is 13.9 Å². The first-order valence-electron chi connectivity index (χ1n) is 6.13. The summed E-state index contributed by atoms with van der Waals surface area (Å²) < 4.78 is 21.8. The summed E-state index contributed by atoms with van der Waals surface area (Å²) in [6, 6.07) is 3.06. The highest BCUT2D eigenvalue weighted by Crippen LogP contribution is 2.43. The molecular formula is C12H15FN4O3. The predicted molar refractivity (Wildman–Crippen MR) is 67.6 cm³/mol. The minimum absolute atomic E-state index is 0.117. The Hall–Kier alpha value is -1.77. The Bertz CT molecular complexity index is 663. The van der Waals surface area contributed by atoms with Crippen LogP contribution in [0.1, 0.15) is 12.6 Å². The third-order valence-corrected chi connectivity index (χ3v) is 3.85. The molecule has 3 atom stereocenters. The Kier molecular flexibility index (Phi) is 2.72. The number of aliphatic hydroxyl groups is 2. The number of halogens is 1. The van der Waals surface area contributed by atoms with Gasteiger partial charge < -0.3 is 20.7 Å². The van der Waals surface area contributed by atoms with Gasteiger partial charge in [0.2, 0.25) is 5.67 Å². The van der Waals surface area contributed by atoms with Gasteiger partial charge >= 0.3 is 0 Å². The van der Waals surface area contributed by atoms with E-state index in [4.69, 9.17) is 10.5 Å². The van der Waals surface area contributed by atoms with Gasteiger partial charge in [0, 0.05) is 0 Å². The quantitative estimate of drug-likeness (QED) is 0.693. The van der Waals surface area contributed by atoms with Crippen LogP contribution < -0.4 is 5.73 Å². The second kappa shape index (κ2) is 4.11. The van der Waals surface area contributed by atoms with E-state index in [0.29, 0.717) is 5.52 Å². The van der Waals surface area contributed by atoms with Crippen LogP contribution in [0.4, 0.5) is 10.2 Å². The van der Waals surface area contributed by atoms with Crippen molar-refractivity contribution in [1.82, 2.24) is 14.6 Å². The highest BCUT2D eigenvalue weighted by Gasteiger charge is 2.58. The van der Waals surface area contributed by atoms with Gasteiger partial charge in [-0.15, -0.1) is 0 Å². The van der Waals surface area contributed by atoms with Crippen molar-refractivity contribution in [1.29, 1.82) is 0 Å². The van der Waals surface area contributed by atoms with E-state index < -0.39 is 24.0 Å². The first-order chi connectivity index (χ1) is 9.42. The molecule has 0 saturated carbocycles. The van der Waals surface area contributed by atoms with Crippen LogP contribution in [0.3, 0.4) is 0 Å². The maximum absolute atomic E-state index is 15.2. The first kappa shape index (κ1) is 13.2. The molecule has 0 unspecified atom stereocenters. The zero-order valence-corrected chi connectivity index (χ0v) is 10.8. The molecule has 0 bridgehead atoms. The number of nitrogens with two attached hydrogens (primary N) is 1. The third kappa shape index (κ3) is 1.55. The number of hydrogen-bond donors (Lipinski definition) is 3. The van der Waals surface area contributed by atoms with E-state index in [1.807, 2.05) is 0 Å². The minimum Gasteiger partial charge on any atom is -0.393 e. The fraction of sp³-hybridized carbons (Fsp3) is 0.500. The topological polar surface area (TPSA) is 106 Å². The number of fused-ring (bicyclic) bond motifs is 1. The number of anilines is 1. The lowest BCUT2D eigenvalue weighted by atomic mass is 9.88. The van der Waals surface area contributed by atoms with E-state index >= 15 is 4.39 Å². The van der Waals surface area contributed by atoms with Gasteiger partial charge in [0.05, 0.1) is 18.9 Å². The fourth-order valence-corrected chi connectivity index (χ4v) is 2.53. The average Bonchev–Trinajstić information content (AvgIpc) is 2.97. The molecule has 1 aliphatic heterocycles. The predicted octanol–water partition coefficient (Wildman–Crippen LogP) is -0.382. The van der Waals surface area contributed by atoms with Crippen molar-refractivity contribution in [3.8, 4) is 0 Å². The molecule has 2 aromatic rings. The van der Waals surface area contributed by atoms with Crippen molar-refractivity contribution >= 4 is 11.3 Å². The Labute approximate surface area is 113 Å². The van der Waals surface area contributed by atoms with Gasteiger partial charge in [0.25, 0.3) is 0 Å². The van der Waals surface area contributed by atoms with Crippen LogP contribution in [0, 0.1) is 0 Å². The SMILES string of the molecule is C[C@]1(CO)OC[C@@](F)(c2ccc3c(N)ncnn23)[C@@H]1O. The standard InChI is InChI=1S/C12H15FN4O3/c1-11(4-18)10(19)12(13,5-20-11)8-3-2-7-9(14)15-6-16-17(7)8/h2-3,6,10,18-19H,4-5H2,1H3,(H2,14,15,16)/t10-,11-,12-/m1/s1. The number of aromatic nitrogens is 3. The normalized spacial score (nSPS) is 33.9. The minimum atomic E-state index is -2.18. The van der Waals surface area contributed by atoms with Crippen molar-refractivity contribution in [2.75, 3.05) is 18.9 Å². The zero-order valence-electron chi connectivity index (χ0n) is 10.8. The monoisotopic (exact) mass is 282 g/mol. The fourth-order valence-electron chi connectivity index (χ4n) is 2.53. The summed E-state index contributed by atoms with van der Waals surface area (Å²) in [4.78, 5) is 3.82. The largest absolute Gasteiger partial charge is 0.393 e. The van der Waals surface area contributed by atoms with Crippen molar-refractivity contribution in [3.05, 3.63) is 24.2 Å². The lowest BCUT2D eigenvalue weighted by Gasteiger charge is -2.28. The number of rotatable bonds is 2. The highest BCUT2D eigenvalue weighted by atomic mass is 19.1. The number of nitrogen functional groups attached to an aromatic ring is 1. The van der Waals surface area contributed by atoms with Crippen LogP contribution in [0.2, 0.25) is 0 Å². The molecule has 3 rings (SSSR count). The van der Waals surface area contributed by atoms with Crippen molar-refractivity contribution < 1.29 is 19.3 Å². The molecule has 0 aromatic carbocycles. The Morgan fingerprint density at radius 1 is 1.60 bits per heavy atom. The summed E-state index contributed by atoms with van der Waals surface area (Å²) in [7, 11) is 0. The summed E-state index contributed by atoms with van der Waals surface area (Å²) in [5, 5.41) is 23.5. The molecule has 1 fully saturated rings. The van der Waals surface area contributed by atoms with Crippen LogP contribution in [-0.4, -0.2) is 49.7 Å². The molecule has 0 spiro atoms. The molecule has 1 aliphatic rings. The average molecular weight is 282 g/mol. The highest BCUT2D eigenvalue weighted by molar-refractivity contribution is 5.65. The van der Waals surface area contributed by atoms with Crippen molar-refractivity contribution in [2.45, 2.75) is 24.3 Å². The number of ether oxygens (including phenoxy) is 1. The molecule has 20 heavy (non-hydrogen) atoms. The molecule has 3 heterocycles. The maximum atomic E-state index is 15.2. The molecule has 4 N–H and O–H groups in total. The molecule has 0 radical (unpaired) electrons. The van der Waals surface area contributed by atoms with Gasteiger partial charge in [0.1, 0.15) is 23.5 Å². The zero-order chi connectivity index (χ0) is 14.5. The van der Waals surface area contributed by atoms with E-state index in [1.54, 1.807) is 6.07 Å². The van der Waals surface area contributed by atoms with E-state index in [9.17, 15) is 10.2 Å². The first-order valence-corrected chi connectivity index (χ1v) is 6.13. The summed E-state index contributed by atoms with van der Waals surface area (Å²) in [6.45, 7) is 0.597. The Balaban J connectivity index is 2.14. The lowest BCUT2D eigenvalue weighted by Crippen LogP contribution is -2.47. The van der Waals surface area contributed by atoms with Crippen LogP contribution in [0.15, 0.2) is 18.5 Å². The molecular weight excluding hydrogens is 267 g/mol. The number of nitrogens with zero attached hydrogens (tertiary/aromatic N) is 3. The van der Waals surface area contributed by atoms with Crippen molar-refractivity contribution in [2.24, 2.45) is 0 Å². The summed E-state index contributed by atoms with van der Waals surface area (Å²) in [5.74, 6) is 0.216. The molecule has 7 nitrogen and oxygen atoms in total. The van der Waals surface area contributed by atoms with Crippen LogP contribution >= 0.6 is 0 Å². The van der Waals surface area contributed by atoms with E-state index in [2.05, 4.69) is 10.1 Å². The molecule has 0 aliphatic carbocycles. The van der Waals surface area contributed by atoms with Gasteiger partial charge in [-0.1, -0.05) is 0 Å². The molecule has 0 amide bonds. The molecule has 1 saturated heterocycles. The number of alkyl halides is 1. The summed E-state index contributed by atoms with van der Waals surface area (Å²) >= 11 is 0. The van der Waals surface area contributed by atoms with Gasteiger partial charge in [0.15, 0.2) is 5.82 Å². The van der Waals surface area contributed by atoms with Gasteiger partial charge in [-0.2, -0.15) is 5.10 Å². The Morgan fingerprint density at radius 3 is 3.00 bits per heavy atom. The van der Waals surface area contributed by atoms with E-state index in [0.717, 1.165) is 0 Å². The third-order valence-electron chi connectivity index (χ3n) is 3.85. The second-order valence-corrected chi connectivity index (χ2v) is 5.19. The molecule has 108 valence electrons. The summed E-state index contributed by atoms with van der Waals surface area (Å²) in [6.07, 6.45) is -0.308. The maximum Gasteiger partial charge on any atom is 0.204 e. The van der Waals surface area contributed by atoms with Crippen LogP contribution in [0.25, 0.3) is 5.52 Å². The van der Waals surface area contributed by atoms with Crippen molar-refractivity contribution in [3.63, 3.8) is 0 Å². The molecule has 2 aromatic heterocycles. The lowest BCUT2D eigenvalue weighted by molar-refractivity contribution is -0.0859. The molecule has 8 heteroatoms. The van der Waals surface area contributed by atoms with Crippen LogP contribution in [-0.2, 0) is 10.4 Å². The van der Waals surface area contributed by atoms with Gasteiger partial charge in [-0.3, -0.25) is 0 Å². The van der Waals surface area contributed by atoms with E-state index in [-0.39, 0.29) is 18.1 Å². The smallest absolute Gasteiger partial charge is 0.204 e. The van der Waals surface area contributed by atoms with Gasteiger partial charge in [-0.05, 0) is 19.1 Å². The van der Waals surface area contributed by atoms with E-state index in [1.165, 1.54) is 23.8 Å². The van der Waals surface area contributed by atoms with Crippen LogP contribution in [0.5, 0.6) is 0 Å². The number of aliphatic hydroxyl groups excluding tert-OH is 2. The second-order valence-electron chi connectivity index (χ2n) is 5.19. The number of hydrogen-bond acceptors (Lipinski definition) is 6. The Morgan fingerprint density at radius 2 is 2.35 bits per heavy atom. The summed E-state index contributed by atoms with van der Waals surface area (Å²) in [5.41, 5.74) is 2.74.